The lowest BCUT2D eigenvalue weighted by molar-refractivity contribution is 0.529. The summed E-state index contributed by atoms with van der Waals surface area (Å²) < 4.78 is 1.26. The molecule has 4 rings (SSSR count). The fourth-order valence-corrected chi connectivity index (χ4v) is 3.97. The van der Waals surface area contributed by atoms with E-state index >= 15 is 0 Å². The maximum atomic E-state index is 5.86. The average Bonchev–Trinajstić information content (AvgIpc) is 3.07. The lowest BCUT2D eigenvalue weighted by atomic mass is 10.1. The maximum absolute atomic E-state index is 5.86. The van der Waals surface area contributed by atoms with Crippen LogP contribution in [0.25, 0.3) is 10.2 Å². The van der Waals surface area contributed by atoms with E-state index in [0.29, 0.717) is 6.04 Å². The number of hydrogen-bond acceptors (Lipinski definition) is 4. The molecule has 3 N–H and O–H groups in total. The summed E-state index contributed by atoms with van der Waals surface area (Å²) in [4.78, 5) is 4.68. The van der Waals surface area contributed by atoms with Crippen LogP contribution < -0.4 is 11.1 Å². The number of benzene rings is 2. The molecule has 1 atom stereocenters. The number of nitrogens with two attached hydrogens (primary N) is 1. The van der Waals surface area contributed by atoms with Crippen LogP contribution in [0.5, 0.6) is 0 Å². The molecule has 1 aliphatic carbocycles. The number of hydrogen-bond donors (Lipinski definition) is 2. The highest BCUT2D eigenvalue weighted by Gasteiger charge is 2.22. The van der Waals surface area contributed by atoms with E-state index in [0.717, 1.165) is 35.6 Å². The second kappa shape index (κ2) is 5.13. The van der Waals surface area contributed by atoms with Crippen molar-refractivity contribution in [2.75, 3.05) is 5.73 Å². The molecule has 2 aromatic carbocycles. The molecular formula is C17H17N3S. The monoisotopic (exact) mass is 295 g/mol. The number of rotatable bonds is 3. The van der Waals surface area contributed by atoms with Crippen molar-refractivity contribution in [3.8, 4) is 0 Å². The second-order valence-electron chi connectivity index (χ2n) is 5.51. The number of fused-ring (bicyclic) bond motifs is 2. The largest absolute Gasteiger partial charge is 0.399 e. The van der Waals surface area contributed by atoms with Gasteiger partial charge < -0.3 is 11.1 Å². The number of thiazole rings is 1. The van der Waals surface area contributed by atoms with Crippen LogP contribution in [-0.4, -0.2) is 4.98 Å². The van der Waals surface area contributed by atoms with Crippen LogP contribution >= 0.6 is 11.3 Å². The van der Waals surface area contributed by atoms with Gasteiger partial charge in [-0.05, 0) is 48.2 Å². The molecule has 4 heteroatoms. The van der Waals surface area contributed by atoms with Gasteiger partial charge in [-0.3, -0.25) is 0 Å². The molecular weight excluding hydrogens is 278 g/mol. The maximum Gasteiger partial charge on any atom is 0.108 e. The minimum Gasteiger partial charge on any atom is -0.399 e. The molecule has 0 spiro atoms. The van der Waals surface area contributed by atoms with E-state index < -0.39 is 0 Å². The molecule has 1 aliphatic rings. The van der Waals surface area contributed by atoms with Gasteiger partial charge in [0.15, 0.2) is 0 Å². The average molecular weight is 295 g/mol. The fraction of sp³-hybridized carbons (Fsp3) is 0.235. The van der Waals surface area contributed by atoms with E-state index in [1.54, 1.807) is 11.3 Å². The summed E-state index contributed by atoms with van der Waals surface area (Å²) >= 11 is 1.77. The molecule has 0 saturated heterocycles. The lowest BCUT2D eigenvalue weighted by Crippen LogP contribution is -2.18. The zero-order valence-electron chi connectivity index (χ0n) is 11.7. The smallest absolute Gasteiger partial charge is 0.108 e. The summed E-state index contributed by atoms with van der Waals surface area (Å²) in [5.41, 5.74) is 10.6. The normalized spacial score (nSPS) is 17.2. The van der Waals surface area contributed by atoms with Gasteiger partial charge in [0.25, 0.3) is 0 Å². The second-order valence-corrected chi connectivity index (χ2v) is 6.62. The number of anilines is 1. The molecule has 1 aromatic heterocycles. The van der Waals surface area contributed by atoms with E-state index in [1.807, 2.05) is 12.1 Å². The molecule has 3 aromatic rings. The van der Waals surface area contributed by atoms with Gasteiger partial charge in [-0.15, -0.1) is 11.3 Å². The van der Waals surface area contributed by atoms with Crippen molar-refractivity contribution in [3.63, 3.8) is 0 Å². The molecule has 0 aliphatic heterocycles. The van der Waals surface area contributed by atoms with E-state index in [1.165, 1.54) is 15.8 Å². The standard InChI is InChI=1S/C17H17N3S/c18-12-6-7-13-11(9-12)5-8-14(13)19-10-17-20-15-3-1-2-4-16(15)21-17/h1-4,6-7,9,14,19H,5,8,10,18H2. The molecule has 0 amide bonds. The Morgan fingerprint density at radius 2 is 2.14 bits per heavy atom. The zero-order chi connectivity index (χ0) is 14.2. The molecule has 0 radical (unpaired) electrons. The van der Waals surface area contributed by atoms with Gasteiger partial charge in [-0.25, -0.2) is 4.98 Å². The Kier molecular flexibility index (Phi) is 3.13. The van der Waals surface area contributed by atoms with E-state index in [4.69, 9.17) is 5.73 Å². The minimum absolute atomic E-state index is 0.424. The van der Waals surface area contributed by atoms with Gasteiger partial charge in [0.05, 0.1) is 10.2 Å². The van der Waals surface area contributed by atoms with Gasteiger partial charge in [-0.2, -0.15) is 0 Å². The number of nitrogens with one attached hydrogen (secondary N) is 1. The summed E-state index contributed by atoms with van der Waals surface area (Å²) in [5.74, 6) is 0. The Morgan fingerprint density at radius 3 is 3.05 bits per heavy atom. The third-order valence-corrected chi connectivity index (χ3v) is 5.12. The first-order valence-corrected chi connectivity index (χ1v) is 8.07. The van der Waals surface area contributed by atoms with Gasteiger partial charge in [0, 0.05) is 18.3 Å². The Hall–Kier alpha value is -1.91. The highest BCUT2D eigenvalue weighted by molar-refractivity contribution is 7.18. The van der Waals surface area contributed by atoms with Crippen molar-refractivity contribution in [2.24, 2.45) is 0 Å². The molecule has 0 bridgehead atoms. The van der Waals surface area contributed by atoms with Crippen LogP contribution in [0.4, 0.5) is 5.69 Å². The third kappa shape index (κ3) is 2.41. The zero-order valence-corrected chi connectivity index (χ0v) is 12.5. The van der Waals surface area contributed by atoms with E-state index in [-0.39, 0.29) is 0 Å². The number of nitrogens with zero attached hydrogens (tertiary/aromatic N) is 1. The highest BCUT2D eigenvalue weighted by atomic mass is 32.1. The van der Waals surface area contributed by atoms with Crippen molar-refractivity contribution in [2.45, 2.75) is 25.4 Å². The fourth-order valence-electron chi connectivity index (χ4n) is 3.06. The van der Waals surface area contributed by atoms with Crippen molar-refractivity contribution < 1.29 is 0 Å². The van der Waals surface area contributed by atoms with Crippen LogP contribution in [0.3, 0.4) is 0 Å². The summed E-state index contributed by atoms with van der Waals surface area (Å²) in [7, 11) is 0. The first kappa shape index (κ1) is 12.8. The number of aromatic nitrogens is 1. The molecule has 21 heavy (non-hydrogen) atoms. The van der Waals surface area contributed by atoms with Gasteiger partial charge in [0.1, 0.15) is 5.01 Å². The van der Waals surface area contributed by atoms with E-state index in [2.05, 4.69) is 40.6 Å². The molecule has 106 valence electrons. The van der Waals surface area contributed by atoms with Crippen molar-refractivity contribution >= 4 is 27.2 Å². The molecule has 1 heterocycles. The first-order valence-electron chi connectivity index (χ1n) is 7.26. The van der Waals surface area contributed by atoms with Gasteiger partial charge in [-0.1, -0.05) is 18.2 Å². The SMILES string of the molecule is Nc1ccc2c(c1)CCC2NCc1nc2ccccc2s1. The number of aryl methyl sites for hydroxylation is 1. The summed E-state index contributed by atoms with van der Waals surface area (Å²) in [6.45, 7) is 0.827. The Morgan fingerprint density at radius 1 is 1.24 bits per heavy atom. The van der Waals surface area contributed by atoms with Crippen LogP contribution in [0.2, 0.25) is 0 Å². The van der Waals surface area contributed by atoms with Crippen LogP contribution in [0.15, 0.2) is 42.5 Å². The van der Waals surface area contributed by atoms with Crippen LogP contribution in [-0.2, 0) is 13.0 Å². The molecule has 3 nitrogen and oxygen atoms in total. The van der Waals surface area contributed by atoms with Gasteiger partial charge >= 0.3 is 0 Å². The third-order valence-electron chi connectivity index (χ3n) is 4.08. The molecule has 0 saturated carbocycles. The first-order chi connectivity index (χ1) is 10.3. The number of nitrogen functional groups attached to an aromatic ring is 1. The summed E-state index contributed by atoms with van der Waals surface area (Å²) in [6.07, 6.45) is 2.25. The quantitative estimate of drug-likeness (QED) is 0.725. The number of para-hydroxylation sites is 1. The van der Waals surface area contributed by atoms with Crippen molar-refractivity contribution in [3.05, 3.63) is 58.6 Å². The predicted molar refractivity (Wildman–Crippen MR) is 88.4 cm³/mol. The highest BCUT2D eigenvalue weighted by Crippen LogP contribution is 2.32. The predicted octanol–water partition coefficient (Wildman–Crippen LogP) is 3.66. The molecule has 0 fully saturated rings. The van der Waals surface area contributed by atoms with Crippen molar-refractivity contribution in [1.82, 2.24) is 10.3 Å². The minimum atomic E-state index is 0.424. The molecule has 1 unspecified atom stereocenters. The van der Waals surface area contributed by atoms with Crippen molar-refractivity contribution in [1.29, 1.82) is 0 Å². The lowest BCUT2D eigenvalue weighted by Gasteiger charge is -2.13. The summed E-state index contributed by atoms with van der Waals surface area (Å²) in [6, 6.07) is 15.0. The summed E-state index contributed by atoms with van der Waals surface area (Å²) in [5, 5.41) is 4.79. The van der Waals surface area contributed by atoms with E-state index in [9.17, 15) is 0 Å². The Labute approximate surface area is 127 Å². The van der Waals surface area contributed by atoms with Crippen LogP contribution in [0, 0.1) is 0 Å². The topological polar surface area (TPSA) is 50.9 Å². The van der Waals surface area contributed by atoms with Gasteiger partial charge in [0.2, 0.25) is 0 Å². The Bertz CT molecular complexity index is 761. The van der Waals surface area contributed by atoms with Crippen LogP contribution in [0.1, 0.15) is 28.6 Å². The Balaban J connectivity index is 1.51.